The van der Waals surface area contributed by atoms with Gasteiger partial charge < -0.3 is 14.4 Å². The summed E-state index contributed by atoms with van der Waals surface area (Å²) in [6.45, 7) is 11.9. The fourth-order valence-corrected chi connectivity index (χ4v) is 3.52. The lowest BCUT2D eigenvalue weighted by Gasteiger charge is -2.16. The van der Waals surface area contributed by atoms with Crippen molar-refractivity contribution in [3.63, 3.8) is 0 Å². The molecule has 1 aliphatic rings. The smallest absolute Gasteiger partial charge is 0.438 e. The van der Waals surface area contributed by atoms with E-state index in [0.717, 1.165) is 12.5 Å². The fourth-order valence-electron chi connectivity index (χ4n) is 3.52. The number of nitrogens with zero attached hydrogens (tertiary/aromatic N) is 2. The predicted molar refractivity (Wildman–Crippen MR) is 128 cm³/mol. The largest absolute Gasteiger partial charge is 0.512 e. The Kier molecular flexibility index (Phi) is 9.16. The Morgan fingerprint density at radius 3 is 2.51 bits per heavy atom. The van der Waals surface area contributed by atoms with Gasteiger partial charge in [0.15, 0.2) is 5.82 Å². The molecule has 0 aliphatic carbocycles. The molecule has 0 bridgehead atoms. The molecular formula is C25H31F2N3O5. The number of aromatic nitrogens is 2. The van der Waals surface area contributed by atoms with Crippen LogP contribution in [0.2, 0.25) is 0 Å². The highest BCUT2D eigenvalue weighted by Gasteiger charge is 2.31. The van der Waals surface area contributed by atoms with E-state index in [1.807, 2.05) is 0 Å². The molecule has 0 saturated carbocycles. The number of H-pyrrole nitrogens is 1. The van der Waals surface area contributed by atoms with E-state index in [0.29, 0.717) is 42.1 Å². The minimum Gasteiger partial charge on any atom is -0.512 e. The maximum absolute atomic E-state index is 13.4. The van der Waals surface area contributed by atoms with Gasteiger partial charge in [-0.05, 0) is 57.4 Å². The lowest BCUT2D eigenvalue weighted by Crippen LogP contribution is -2.29. The van der Waals surface area contributed by atoms with E-state index < -0.39 is 11.7 Å². The molecule has 1 unspecified atom stereocenters. The molecule has 1 fully saturated rings. The van der Waals surface area contributed by atoms with E-state index >= 15 is 0 Å². The SMILES string of the molecule is C/C(O)=C(\C)C(=O)N1CCC(c2noc(=O)[nH]2)C1.C=C(C)/C(=C\C(=C/C)c1ccoc1)C(C)(F)F. The van der Waals surface area contributed by atoms with Gasteiger partial charge in [0.2, 0.25) is 0 Å². The number of aliphatic hydroxyl groups excluding tert-OH is 1. The molecule has 0 radical (unpaired) electrons. The minimum absolute atomic E-state index is 0.0211. The topological polar surface area (TPSA) is 113 Å². The first-order valence-electron chi connectivity index (χ1n) is 11.0. The van der Waals surface area contributed by atoms with Crippen LogP contribution in [0, 0.1) is 0 Å². The molecule has 0 spiro atoms. The molecule has 190 valence electrons. The van der Waals surface area contributed by atoms with Crippen molar-refractivity contribution in [1.82, 2.24) is 15.0 Å². The van der Waals surface area contributed by atoms with Gasteiger partial charge in [0, 0.05) is 37.1 Å². The number of alkyl halides is 2. The first-order valence-corrected chi connectivity index (χ1v) is 11.0. The number of aliphatic hydroxyl groups is 1. The van der Waals surface area contributed by atoms with Crippen LogP contribution in [0.3, 0.4) is 0 Å². The predicted octanol–water partition coefficient (Wildman–Crippen LogP) is 5.37. The Morgan fingerprint density at radius 2 is 2.06 bits per heavy atom. The molecule has 1 amide bonds. The Bertz CT molecular complexity index is 1180. The number of carbonyl (C=O) groups excluding carboxylic acids is 1. The molecule has 1 aliphatic heterocycles. The van der Waals surface area contributed by atoms with E-state index in [2.05, 4.69) is 21.2 Å². The summed E-state index contributed by atoms with van der Waals surface area (Å²) in [6, 6.07) is 1.73. The Morgan fingerprint density at radius 1 is 1.37 bits per heavy atom. The van der Waals surface area contributed by atoms with Crippen molar-refractivity contribution < 1.29 is 27.6 Å². The van der Waals surface area contributed by atoms with Crippen LogP contribution < -0.4 is 5.76 Å². The molecule has 2 aromatic rings. The van der Waals surface area contributed by atoms with Crippen molar-refractivity contribution >= 4 is 11.5 Å². The number of furan rings is 1. The van der Waals surface area contributed by atoms with E-state index in [4.69, 9.17) is 4.42 Å². The summed E-state index contributed by atoms with van der Waals surface area (Å²) in [6.07, 6.45) is 6.96. The molecule has 1 atom stereocenters. The number of hydrogen-bond acceptors (Lipinski definition) is 6. The molecule has 8 nitrogen and oxygen atoms in total. The summed E-state index contributed by atoms with van der Waals surface area (Å²) >= 11 is 0. The van der Waals surface area contributed by atoms with Gasteiger partial charge in [-0.1, -0.05) is 17.8 Å². The zero-order chi connectivity index (χ0) is 26.3. The van der Waals surface area contributed by atoms with Crippen LogP contribution in [0.15, 0.2) is 73.5 Å². The molecule has 2 N–H and O–H groups in total. The summed E-state index contributed by atoms with van der Waals surface area (Å²) in [4.78, 5) is 26.9. The fraction of sp³-hybridized carbons (Fsp3) is 0.400. The highest BCUT2D eigenvalue weighted by atomic mass is 19.3. The van der Waals surface area contributed by atoms with E-state index in [9.17, 15) is 23.5 Å². The third kappa shape index (κ3) is 7.40. The Labute approximate surface area is 202 Å². The molecule has 35 heavy (non-hydrogen) atoms. The van der Waals surface area contributed by atoms with Crippen molar-refractivity contribution in [2.75, 3.05) is 13.1 Å². The first kappa shape index (κ1) is 27.6. The van der Waals surface area contributed by atoms with Crippen molar-refractivity contribution in [3.8, 4) is 0 Å². The van der Waals surface area contributed by atoms with Crippen LogP contribution in [0.25, 0.3) is 5.57 Å². The number of hydrogen-bond donors (Lipinski definition) is 2. The van der Waals surface area contributed by atoms with E-state index in [-0.39, 0.29) is 23.2 Å². The lowest BCUT2D eigenvalue weighted by molar-refractivity contribution is -0.126. The van der Waals surface area contributed by atoms with Crippen molar-refractivity contribution in [2.45, 2.75) is 52.9 Å². The number of amides is 1. The Hall–Kier alpha value is -3.69. The number of halogens is 2. The van der Waals surface area contributed by atoms with Gasteiger partial charge in [-0.25, -0.2) is 13.6 Å². The highest BCUT2D eigenvalue weighted by Crippen LogP contribution is 2.31. The van der Waals surface area contributed by atoms with E-state index in [1.54, 1.807) is 37.8 Å². The van der Waals surface area contributed by atoms with Crippen LogP contribution in [-0.4, -0.2) is 45.1 Å². The number of nitrogens with one attached hydrogen (secondary N) is 1. The number of carbonyl (C=O) groups is 1. The van der Waals surface area contributed by atoms with Crippen molar-refractivity contribution in [1.29, 1.82) is 0 Å². The minimum atomic E-state index is -2.90. The third-order valence-corrected chi connectivity index (χ3v) is 5.58. The standard InChI is InChI=1S/C14H16F2O.C11H15N3O4/c1-5-11(12-6-7-17-9-12)8-13(10(2)3)14(4,15)16;1-6(7(2)15)10(16)14-4-3-8(5-14)9-12-11(17)18-13-9/h5-9H,2H2,1,3-4H3;8,15H,3-5H2,1-2H3,(H,12,13,17)/b11-5+,13-8+;7-6-. The van der Waals surface area contributed by atoms with Crippen LogP contribution in [0.4, 0.5) is 8.78 Å². The molecule has 3 heterocycles. The van der Waals surface area contributed by atoms with Gasteiger partial charge in [0.05, 0.1) is 23.9 Å². The van der Waals surface area contributed by atoms with Crippen molar-refractivity contribution in [3.05, 3.63) is 81.7 Å². The molecule has 2 aromatic heterocycles. The van der Waals surface area contributed by atoms with E-state index in [1.165, 1.54) is 25.5 Å². The second kappa shape index (κ2) is 11.6. The van der Waals surface area contributed by atoms with Crippen LogP contribution >= 0.6 is 0 Å². The summed E-state index contributed by atoms with van der Waals surface area (Å²) in [5.41, 5.74) is 2.10. The van der Waals surface area contributed by atoms with Gasteiger partial charge in [-0.15, -0.1) is 0 Å². The van der Waals surface area contributed by atoms with Gasteiger partial charge in [-0.2, -0.15) is 0 Å². The molecule has 1 saturated heterocycles. The van der Waals surface area contributed by atoms with Gasteiger partial charge in [0.1, 0.15) is 0 Å². The Balaban J connectivity index is 0.000000247. The summed E-state index contributed by atoms with van der Waals surface area (Å²) < 4.78 is 36.2. The zero-order valence-corrected chi connectivity index (χ0v) is 20.5. The normalized spacial score (nSPS) is 17.6. The molecular weight excluding hydrogens is 460 g/mol. The second-order valence-corrected chi connectivity index (χ2v) is 8.41. The summed E-state index contributed by atoms with van der Waals surface area (Å²) in [5, 5.41) is 12.9. The highest BCUT2D eigenvalue weighted by molar-refractivity contribution is 5.93. The summed E-state index contributed by atoms with van der Waals surface area (Å²) in [7, 11) is 0. The maximum atomic E-state index is 13.4. The van der Waals surface area contributed by atoms with Gasteiger partial charge >= 0.3 is 5.76 Å². The second-order valence-electron chi connectivity index (χ2n) is 8.41. The zero-order valence-electron chi connectivity index (χ0n) is 20.5. The van der Waals surface area contributed by atoms with Crippen LogP contribution in [0.5, 0.6) is 0 Å². The maximum Gasteiger partial charge on any atom is 0.438 e. The molecule has 3 rings (SSSR count). The van der Waals surface area contributed by atoms with Crippen LogP contribution in [-0.2, 0) is 4.79 Å². The van der Waals surface area contributed by atoms with Crippen molar-refractivity contribution in [2.24, 2.45) is 0 Å². The number of rotatable bonds is 6. The number of allylic oxidation sites excluding steroid dienone is 6. The lowest BCUT2D eigenvalue weighted by atomic mass is 9.98. The molecule has 0 aromatic carbocycles. The quantitative estimate of drug-likeness (QED) is 0.319. The first-order chi connectivity index (χ1) is 16.3. The average Bonchev–Trinajstić information content (AvgIpc) is 3.54. The number of aromatic amines is 1. The molecule has 10 heteroatoms. The average molecular weight is 492 g/mol. The van der Waals surface area contributed by atoms with Gasteiger partial charge in [0.25, 0.3) is 11.8 Å². The van der Waals surface area contributed by atoms with Gasteiger partial charge in [-0.3, -0.25) is 14.3 Å². The number of likely N-dealkylation sites (tertiary alicyclic amines) is 1. The van der Waals surface area contributed by atoms with Crippen LogP contribution in [0.1, 0.15) is 58.3 Å². The summed E-state index contributed by atoms with van der Waals surface area (Å²) in [5.74, 6) is -3.20. The third-order valence-electron chi connectivity index (χ3n) is 5.58. The monoisotopic (exact) mass is 491 g/mol.